The Kier molecular flexibility index (Phi) is 6.71. The number of rotatable bonds is 8. The number of nitrogens with one attached hydrogen (secondary N) is 1. The molecule has 2 aromatic carbocycles. The van der Waals surface area contributed by atoms with E-state index in [1.807, 2.05) is 55.5 Å². The average Bonchev–Trinajstić information content (AvgIpc) is 3.10. The van der Waals surface area contributed by atoms with E-state index in [0.717, 1.165) is 16.6 Å². The Morgan fingerprint density at radius 2 is 1.93 bits per heavy atom. The number of oxazole rings is 1. The number of aryl methyl sites for hydroxylation is 1. The highest BCUT2D eigenvalue weighted by Crippen LogP contribution is 2.24. The molecule has 0 radical (unpaired) electrons. The van der Waals surface area contributed by atoms with E-state index in [2.05, 4.69) is 10.3 Å². The van der Waals surface area contributed by atoms with Gasteiger partial charge in [0.2, 0.25) is 5.91 Å². The van der Waals surface area contributed by atoms with Gasteiger partial charge in [0.1, 0.15) is 5.52 Å². The topological polar surface area (TPSA) is 81.4 Å². The second-order valence-corrected chi connectivity index (χ2v) is 7.20. The molecule has 0 saturated carbocycles. The van der Waals surface area contributed by atoms with Crippen molar-refractivity contribution in [3.8, 4) is 0 Å². The molecule has 3 aromatic rings. The number of ether oxygens (including phenoxy) is 1. The molecule has 146 valence electrons. The third-order valence-corrected chi connectivity index (χ3v) is 4.92. The molecule has 0 aliphatic carbocycles. The van der Waals surface area contributed by atoms with Crippen LogP contribution in [0.15, 0.2) is 58.2 Å². The van der Waals surface area contributed by atoms with Crippen LogP contribution in [-0.2, 0) is 14.3 Å². The van der Waals surface area contributed by atoms with Crippen LogP contribution < -0.4 is 5.32 Å². The van der Waals surface area contributed by atoms with E-state index in [9.17, 15) is 9.59 Å². The standard InChI is InChI=1S/C21H22N2O4S/c1-3-26-20(25)12-17(15-10-8-14(2)9-11-15)22-19(24)13-28-21-23-16-6-4-5-7-18(16)27-21/h4-11,17H,3,12-13H2,1-2H3,(H,22,24). The van der Waals surface area contributed by atoms with Crippen molar-refractivity contribution in [1.82, 2.24) is 10.3 Å². The molecule has 0 aliphatic heterocycles. The maximum Gasteiger partial charge on any atom is 0.308 e. The number of para-hydroxylation sites is 2. The Bertz CT molecular complexity index is 919. The SMILES string of the molecule is CCOC(=O)CC(NC(=O)CSc1nc2ccccc2o1)c1ccc(C)cc1. The van der Waals surface area contributed by atoms with E-state index in [-0.39, 0.29) is 24.1 Å². The molecule has 0 saturated heterocycles. The van der Waals surface area contributed by atoms with Crippen LogP contribution in [0.3, 0.4) is 0 Å². The molecule has 0 bridgehead atoms. The smallest absolute Gasteiger partial charge is 0.308 e. The Balaban J connectivity index is 1.64. The molecular weight excluding hydrogens is 376 g/mol. The van der Waals surface area contributed by atoms with Crippen molar-refractivity contribution in [2.75, 3.05) is 12.4 Å². The van der Waals surface area contributed by atoms with Gasteiger partial charge in [0.15, 0.2) is 5.58 Å². The molecule has 1 aromatic heterocycles. The minimum atomic E-state index is -0.448. The largest absolute Gasteiger partial charge is 0.466 e. The lowest BCUT2D eigenvalue weighted by Gasteiger charge is -2.18. The molecule has 0 aliphatic rings. The number of benzene rings is 2. The summed E-state index contributed by atoms with van der Waals surface area (Å²) >= 11 is 1.22. The fourth-order valence-corrected chi connectivity index (χ4v) is 3.36. The first-order valence-electron chi connectivity index (χ1n) is 9.05. The van der Waals surface area contributed by atoms with Crippen molar-refractivity contribution >= 4 is 34.7 Å². The van der Waals surface area contributed by atoms with Gasteiger partial charge in [0.25, 0.3) is 5.22 Å². The van der Waals surface area contributed by atoms with Gasteiger partial charge in [-0.3, -0.25) is 9.59 Å². The van der Waals surface area contributed by atoms with E-state index < -0.39 is 6.04 Å². The van der Waals surface area contributed by atoms with Crippen LogP contribution in [-0.4, -0.2) is 29.2 Å². The average molecular weight is 398 g/mol. The van der Waals surface area contributed by atoms with Crippen molar-refractivity contribution in [3.63, 3.8) is 0 Å². The first-order chi connectivity index (χ1) is 13.5. The zero-order valence-electron chi connectivity index (χ0n) is 15.8. The van der Waals surface area contributed by atoms with E-state index in [0.29, 0.717) is 17.4 Å². The molecule has 28 heavy (non-hydrogen) atoms. The Labute approximate surface area is 167 Å². The molecule has 1 amide bonds. The molecule has 1 heterocycles. The van der Waals surface area contributed by atoms with Crippen molar-refractivity contribution in [2.24, 2.45) is 0 Å². The quantitative estimate of drug-likeness (QED) is 0.456. The van der Waals surface area contributed by atoms with Crippen molar-refractivity contribution in [3.05, 3.63) is 59.7 Å². The number of aromatic nitrogens is 1. The predicted molar refractivity (Wildman–Crippen MR) is 108 cm³/mol. The van der Waals surface area contributed by atoms with E-state index in [1.165, 1.54) is 11.8 Å². The van der Waals surface area contributed by atoms with Gasteiger partial charge in [-0.25, -0.2) is 4.98 Å². The number of thioether (sulfide) groups is 1. The second-order valence-electron chi connectivity index (χ2n) is 6.28. The van der Waals surface area contributed by atoms with Crippen LogP contribution in [0.2, 0.25) is 0 Å². The third-order valence-electron chi connectivity index (χ3n) is 4.09. The zero-order chi connectivity index (χ0) is 19.9. The highest BCUT2D eigenvalue weighted by molar-refractivity contribution is 7.99. The molecule has 6 nitrogen and oxygen atoms in total. The van der Waals surface area contributed by atoms with Gasteiger partial charge in [-0.1, -0.05) is 53.7 Å². The van der Waals surface area contributed by atoms with Gasteiger partial charge in [-0.2, -0.15) is 0 Å². The first kappa shape index (κ1) is 19.9. The van der Waals surface area contributed by atoms with Crippen LogP contribution in [0.1, 0.15) is 30.5 Å². The van der Waals surface area contributed by atoms with Crippen LogP contribution >= 0.6 is 11.8 Å². The molecule has 1 atom stereocenters. The summed E-state index contributed by atoms with van der Waals surface area (Å²) in [4.78, 5) is 28.8. The van der Waals surface area contributed by atoms with Gasteiger partial charge in [-0.15, -0.1) is 0 Å². The number of hydrogen-bond acceptors (Lipinski definition) is 6. The van der Waals surface area contributed by atoms with E-state index in [4.69, 9.17) is 9.15 Å². The summed E-state index contributed by atoms with van der Waals surface area (Å²) in [6, 6.07) is 14.7. The van der Waals surface area contributed by atoms with Crippen LogP contribution in [0.5, 0.6) is 0 Å². The van der Waals surface area contributed by atoms with Crippen molar-refractivity contribution < 1.29 is 18.7 Å². The molecule has 0 spiro atoms. The number of nitrogens with zero attached hydrogens (tertiary/aromatic N) is 1. The normalized spacial score (nSPS) is 11.9. The van der Waals surface area contributed by atoms with E-state index >= 15 is 0 Å². The summed E-state index contributed by atoms with van der Waals surface area (Å²) in [5.74, 6) is -0.417. The number of carbonyl (C=O) groups is 2. The van der Waals surface area contributed by atoms with Gasteiger partial charge in [0, 0.05) is 0 Å². The third kappa shape index (κ3) is 5.36. The number of fused-ring (bicyclic) bond motifs is 1. The maximum atomic E-state index is 12.5. The lowest BCUT2D eigenvalue weighted by atomic mass is 10.0. The predicted octanol–water partition coefficient (Wildman–Crippen LogP) is 4.04. The Morgan fingerprint density at radius 3 is 2.64 bits per heavy atom. The van der Waals surface area contributed by atoms with Gasteiger partial charge < -0.3 is 14.5 Å². The second kappa shape index (κ2) is 9.41. The van der Waals surface area contributed by atoms with Crippen LogP contribution in [0.4, 0.5) is 0 Å². The number of amides is 1. The van der Waals surface area contributed by atoms with Crippen LogP contribution in [0, 0.1) is 6.92 Å². The summed E-state index contributed by atoms with van der Waals surface area (Å²) in [5, 5.41) is 3.35. The molecule has 3 rings (SSSR count). The summed E-state index contributed by atoms with van der Waals surface area (Å²) < 4.78 is 10.7. The van der Waals surface area contributed by atoms with Crippen molar-refractivity contribution in [2.45, 2.75) is 31.5 Å². The minimum Gasteiger partial charge on any atom is -0.466 e. The lowest BCUT2D eigenvalue weighted by Crippen LogP contribution is -2.31. The van der Waals surface area contributed by atoms with E-state index in [1.54, 1.807) is 6.92 Å². The maximum absolute atomic E-state index is 12.5. The number of hydrogen-bond donors (Lipinski definition) is 1. The Hall–Kier alpha value is -2.80. The highest BCUT2D eigenvalue weighted by Gasteiger charge is 2.20. The number of esters is 1. The zero-order valence-corrected chi connectivity index (χ0v) is 16.6. The Morgan fingerprint density at radius 1 is 1.18 bits per heavy atom. The number of carbonyl (C=O) groups excluding carboxylic acids is 2. The summed E-state index contributed by atoms with van der Waals surface area (Å²) in [6.45, 7) is 4.05. The summed E-state index contributed by atoms with van der Waals surface area (Å²) in [7, 11) is 0. The fourth-order valence-electron chi connectivity index (χ4n) is 2.71. The first-order valence-corrected chi connectivity index (χ1v) is 10.0. The fraction of sp³-hybridized carbons (Fsp3) is 0.286. The summed E-state index contributed by atoms with van der Waals surface area (Å²) in [6.07, 6.45) is 0.0796. The van der Waals surface area contributed by atoms with Crippen LogP contribution in [0.25, 0.3) is 11.1 Å². The van der Waals surface area contributed by atoms with Gasteiger partial charge >= 0.3 is 5.97 Å². The lowest BCUT2D eigenvalue weighted by molar-refractivity contribution is -0.143. The van der Waals surface area contributed by atoms with Gasteiger partial charge in [0.05, 0.1) is 24.8 Å². The summed E-state index contributed by atoms with van der Waals surface area (Å²) in [5.41, 5.74) is 3.41. The monoisotopic (exact) mass is 398 g/mol. The molecule has 0 fully saturated rings. The van der Waals surface area contributed by atoms with Crippen molar-refractivity contribution in [1.29, 1.82) is 0 Å². The van der Waals surface area contributed by atoms with Gasteiger partial charge in [-0.05, 0) is 31.5 Å². The molecule has 1 N–H and O–H groups in total. The molecule has 1 unspecified atom stereocenters. The minimum absolute atomic E-state index is 0.0796. The molecular formula is C21H22N2O4S. The highest BCUT2D eigenvalue weighted by atomic mass is 32.2. The molecule has 7 heteroatoms.